The van der Waals surface area contributed by atoms with Gasteiger partial charge in [0, 0.05) is 10.9 Å². The van der Waals surface area contributed by atoms with Crippen LogP contribution in [0, 0.1) is 0 Å². The molecule has 0 aliphatic heterocycles. The molecule has 3 heterocycles. The van der Waals surface area contributed by atoms with Crippen molar-refractivity contribution in [3.63, 3.8) is 0 Å². The number of nitrogens with zero attached hydrogens (tertiary/aromatic N) is 4. The number of aromatic nitrogens is 4. The molecule has 0 fully saturated rings. The third kappa shape index (κ3) is 2.84. The topological polar surface area (TPSA) is 81.4 Å². The number of alkyl carbamates (subject to hydrolysis) is 1. The van der Waals surface area contributed by atoms with E-state index < -0.39 is 6.09 Å². The lowest BCUT2D eigenvalue weighted by atomic mass is 10.2. The fourth-order valence-electron chi connectivity index (χ4n) is 1.84. The molecule has 0 bridgehead atoms. The maximum atomic E-state index is 11.3. The third-order valence-electron chi connectivity index (χ3n) is 2.81. The minimum atomic E-state index is -0.483. The lowest BCUT2D eigenvalue weighted by Gasteiger charge is -2.04. The number of fused-ring (bicyclic) bond motifs is 1. The highest BCUT2D eigenvalue weighted by Gasteiger charge is 2.10. The Kier molecular flexibility index (Phi) is 3.78. The van der Waals surface area contributed by atoms with Crippen LogP contribution in [0.1, 0.15) is 12.7 Å². The first kappa shape index (κ1) is 13.5. The zero-order chi connectivity index (χ0) is 14.7. The van der Waals surface area contributed by atoms with E-state index in [4.69, 9.17) is 4.74 Å². The largest absolute Gasteiger partial charge is 0.450 e. The number of hydrogen-bond acceptors (Lipinski definition) is 6. The smallest absolute Gasteiger partial charge is 0.407 e. The van der Waals surface area contributed by atoms with Crippen molar-refractivity contribution < 1.29 is 9.53 Å². The van der Waals surface area contributed by atoms with Gasteiger partial charge in [0.15, 0.2) is 11.5 Å². The molecular weight excluding hydrogens is 290 g/mol. The SMILES string of the molecule is CCOC(=O)NCc1nnc2ccc(-c3ccsc3)nn12. The van der Waals surface area contributed by atoms with Gasteiger partial charge in [-0.1, -0.05) is 0 Å². The molecule has 1 amide bonds. The lowest BCUT2D eigenvalue weighted by molar-refractivity contribution is 0.151. The van der Waals surface area contributed by atoms with Crippen LogP contribution in [-0.2, 0) is 11.3 Å². The van der Waals surface area contributed by atoms with Crippen LogP contribution in [0.25, 0.3) is 16.9 Å². The standard InChI is InChI=1S/C13H13N5O2S/c1-2-20-13(19)14-7-12-16-15-11-4-3-10(17-18(11)12)9-5-6-21-8-9/h3-6,8H,2,7H2,1H3,(H,14,19). The van der Waals surface area contributed by atoms with Gasteiger partial charge in [0.2, 0.25) is 0 Å². The van der Waals surface area contributed by atoms with Crippen molar-refractivity contribution in [2.45, 2.75) is 13.5 Å². The number of thiophene rings is 1. The molecule has 108 valence electrons. The summed E-state index contributed by atoms with van der Waals surface area (Å²) in [5, 5.41) is 19.2. The van der Waals surface area contributed by atoms with E-state index in [9.17, 15) is 4.79 Å². The highest BCUT2D eigenvalue weighted by molar-refractivity contribution is 7.08. The van der Waals surface area contributed by atoms with Crippen molar-refractivity contribution in [3.8, 4) is 11.3 Å². The van der Waals surface area contributed by atoms with E-state index in [-0.39, 0.29) is 6.54 Å². The minimum Gasteiger partial charge on any atom is -0.450 e. The van der Waals surface area contributed by atoms with Crippen LogP contribution in [0.5, 0.6) is 0 Å². The monoisotopic (exact) mass is 303 g/mol. The van der Waals surface area contributed by atoms with Crippen molar-refractivity contribution in [3.05, 3.63) is 34.8 Å². The van der Waals surface area contributed by atoms with Gasteiger partial charge in [0.25, 0.3) is 0 Å². The first-order valence-corrected chi connectivity index (χ1v) is 7.36. The second kappa shape index (κ2) is 5.88. The molecule has 0 radical (unpaired) electrons. The van der Waals surface area contributed by atoms with Crippen molar-refractivity contribution in [1.82, 2.24) is 25.1 Å². The predicted octanol–water partition coefficient (Wildman–Crippen LogP) is 2.10. The summed E-state index contributed by atoms with van der Waals surface area (Å²) in [5.41, 5.74) is 2.51. The zero-order valence-corrected chi connectivity index (χ0v) is 12.1. The molecule has 0 aliphatic rings. The number of carbonyl (C=O) groups is 1. The van der Waals surface area contributed by atoms with Crippen LogP contribution >= 0.6 is 11.3 Å². The van der Waals surface area contributed by atoms with E-state index in [0.717, 1.165) is 11.3 Å². The van der Waals surface area contributed by atoms with E-state index in [1.165, 1.54) is 0 Å². The molecule has 0 atom stereocenters. The molecule has 0 unspecified atom stereocenters. The minimum absolute atomic E-state index is 0.208. The summed E-state index contributed by atoms with van der Waals surface area (Å²) in [6, 6.07) is 5.75. The highest BCUT2D eigenvalue weighted by Crippen LogP contribution is 2.20. The van der Waals surface area contributed by atoms with E-state index in [2.05, 4.69) is 20.6 Å². The summed E-state index contributed by atoms with van der Waals surface area (Å²) in [6.45, 7) is 2.29. The fourth-order valence-corrected chi connectivity index (χ4v) is 2.49. The molecule has 0 aliphatic carbocycles. The van der Waals surface area contributed by atoms with Crippen LogP contribution in [0.4, 0.5) is 4.79 Å². The molecule has 21 heavy (non-hydrogen) atoms. The van der Waals surface area contributed by atoms with Crippen molar-refractivity contribution >= 4 is 23.1 Å². The number of rotatable bonds is 4. The van der Waals surface area contributed by atoms with E-state index in [0.29, 0.717) is 18.1 Å². The van der Waals surface area contributed by atoms with Gasteiger partial charge >= 0.3 is 6.09 Å². The lowest BCUT2D eigenvalue weighted by Crippen LogP contribution is -2.25. The van der Waals surface area contributed by atoms with Crippen molar-refractivity contribution in [2.24, 2.45) is 0 Å². The van der Waals surface area contributed by atoms with Crippen LogP contribution in [0.3, 0.4) is 0 Å². The van der Waals surface area contributed by atoms with E-state index in [1.807, 2.05) is 29.0 Å². The molecule has 0 spiro atoms. The maximum Gasteiger partial charge on any atom is 0.407 e. The molecule has 7 nitrogen and oxygen atoms in total. The van der Waals surface area contributed by atoms with E-state index >= 15 is 0 Å². The summed E-state index contributed by atoms with van der Waals surface area (Å²) in [7, 11) is 0. The summed E-state index contributed by atoms with van der Waals surface area (Å²) >= 11 is 1.61. The predicted molar refractivity (Wildman–Crippen MR) is 78.0 cm³/mol. The number of nitrogens with one attached hydrogen (secondary N) is 1. The first-order chi connectivity index (χ1) is 10.3. The molecule has 0 saturated carbocycles. The average Bonchev–Trinajstić information content (AvgIpc) is 3.14. The quantitative estimate of drug-likeness (QED) is 0.798. The fraction of sp³-hybridized carbons (Fsp3) is 0.231. The van der Waals surface area contributed by atoms with Crippen LogP contribution in [0.15, 0.2) is 29.0 Å². The Hall–Kier alpha value is -2.48. The second-order valence-corrected chi connectivity index (χ2v) is 4.97. The number of ether oxygens (including phenoxy) is 1. The van der Waals surface area contributed by atoms with Crippen molar-refractivity contribution in [1.29, 1.82) is 0 Å². The zero-order valence-electron chi connectivity index (χ0n) is 11.3. The highest BCUT2D eigenvalue weighted by atomic mass is 32.1. The van der Waals surface area contributed by atoms with Gasteiger partial charge in [-0.05, 0) is 30.5 Å². The summed E-state index contributed by atoms with van der Waals surface area (Å²) in [6.07, 6.45) is -0.483. The molecule has 0 aromatic carbocycles. The van der Waals surface area contributed by atoms with Crippen LogP contribution in [-0.4, -0.2) is 32.5 Å². The number of amides is 1. The van der Waals surface area contributed by atoms with Gasteiger partial charge in [0.05, 0.1) is 18.8 Å². The van der Waals surface area contributed by atoms with Gasteiger partial charge in [0.1, 0.15) is 0 Å². The normalized spacial score (nSPS) is 10.7. The number of hydrogen-bond donors (Lipinski definition) is 1. The molecular formula is C13H13N5O2S. The maximum absolute atomic E-state index is 11.3. The Morgan fingerprint density at radius 3 is 3.05 bits per heavy atom. The average molecular weight is 303 g/mol. The Morgan fingerprint density at radius 1 is 1.38 bits per heavy atom. The Bertz CT molecular complexity index is 753. The van der Waals surface area contributed by atoms with Gasteiger partial charge in [-0.2, -0.15) is 21.0 Å². The number of carbonyl (C=O) groups excluding carboxylic acids is 1. The van der Waals surface area contributed by atoms with Gasteiger partial charge < -0.3 is 10.1 Å². The second-order valence-electron chi connectivity index (χ2n) is 4.19. The Labute approximate surface area is 124 Å². The van der Waals surface area contributed by atoms with Gasteiger partial charge in [-0.25, -0.2) is 4.79 Å². The molecule has 0 saturated heterocycles. The first-order valence-electron chi connectivity index (χ1n) is 6.42. The Balaban J connectivity index is 1.86. The third-order valence-corrected chi connectivity index (χ3v) is 3.49. The molecule has 8 heteroatoms. The van der Waals surface area contributed by atoms with Crippen LogP contribution in [0.2, 0.25) is 0 Å². The summed E-state index contributed by atoms with van der Waals surface area (Å²) in [5.74, 6) is 0.551. The van der Waals surface area contributed by atoms with Crippen molar-refractivity contribution in [2.75, 3.05) is 6.61 Å². The van der Waals surface area contributed by atoms with Gasteiger partial charge in [-0.3, -0.25) is 0 Å². The Morgan fingerprint density at radius 2 is 2.29 bits per heavy atom. The van der Waals surface area contributed by atoms with E-state index in [1.54, 1.807) is 22.8 Å². The summed E-state index contributed by atoms with van der Waals surface area (Å²) < 4.78 is 6.43. The van der Waals surface area contributed by atoms with Gasteiger partial charge in [-0.15, -0.1) is 10.2 Å². The molecule has 3 aromatic rings. The van der Waals surface area contributed by atoms with Crippen LogP contribution < -0.4 is 5.32 Å². The molecule has 1 N–H and O–H groups in total. The molecule has 3 aromatic heterocycles. The molecule has 3 rings (SSSR count). The summed E-state index contributed by atoms with van der Waals surface area (Å²) in [4.78, 5) is 11.3.